The molecule has 23 heavy (non-hydrogen) atoms. The van der Waals surface area contributed by atoms with Crippen LogP contribution in [-0.4, -0.2) is 4.98 Å². The smallest absolute Gasteiger partial charge is 0.227 e. The molecule has 2 aromatic heterocycles. The fourth-order valence-electron chi connectivity index (χ4n) is 2.94. The summed E-state index contributed by atoms with van der Waals surface area (Å²) in [6, 6.07) is 20.2. The quantitative estimate of drug-likeness (QED) is 0.348. The van der Waals surface area contributed by atoms with Gasteiger partial charge in [0, 0.05) is 25.7 Å². The molecule has 0 radical (unpaired) electrons. The van der Waals surface area contributed by atoms with Crippen molar-refractivity contribution in [1.82, 2.24) is 4.98 Å². The summed E-state index contributed by atoms with van der Waals surface area (Å²) in [5, 5.41) is 2.91. The second kappa shape index (κ2) is 4.82. The lowest BCUT2D eigenvalue weighted by atomic mass is 10.1. The highest BCUT2D eigenvalue weighted by Gasteiger charge is 2.17. The molecule has 4 heteroatoms. The Kier molecular flexibility index (Phi) is 2.75. The normalized spacial score (nSPS) is 11.7. The predicted octanol–water partition coefficient (Wildman–Crippen LogP) is 6.52. The maximum Gasteiger partial charge on any atom is 0.227 e. The number of hydrogen-bond donors (Lipinski definition) is 0. The van der Waals surface area contributed by atoms with E-state index in [1.807, 2.05) is 48.5 Å². The highest BCUT2D eigenvalue weighted by molar-refractivity contribution is 7.26. The third kappa shape index (κ3) is 1.90. The Labute approximate surface area is 140 Å². The summed E-state index contributed by atoms with van der Waals surface area (Å²) in [7, 11) is 0. The minimum Gasteiger partial charge on any atom is -0.435 e. The summed E-state index contributed by atoms with van der Waals surface area (Å²) in [6.07, 6.45) is 0. The number of benzene rings is 3. The van der Waals surface area contributed by atoms with Crippen molar-refractivity contribution in [3.8, 4) is 11.5 Å². The van der Waals surface area contributed by atoms with Crippen LogP contribution in [0, 0.1) is 0 Å². The van der Waals surface area contributed by atoms with E-state index in [0.29, 0.717) is 10.9 Å². The minimum absolute atomic E-state index is 0.602. The van der Waals surface area contributed by atoms with Crippen LogP contribution in [0.1, 0.15) is 0 Å². The van der Waals surface area contributed by atoms with E-state index in [1.54, 1.807) is 11.3 Å². The number of halogens is 1. The molecule has 5 aromatic rings. The van der Waals surface area contributed by atoms with E-state index in [-0.39, 0.29) is 0 Å². The number of nitrogens with zero attached hydrogens (tertiary/aromatic N) is 1. The summed E-state index contributed by atoms with van der Waals surface area (Å²) in [6.45, 7) is 0. The van der Waals surface area contributed by atoms with Crippen LogP contribution >= 0.6 is 22.9 Å². The molecule has 0 saturated carbocycles. The molecular weight excluding hydrogens is 326 g/mol. The molecule has 0 fully saturated rings. The van der Waals surface area contributed by atoms with E-state index in [1.165, 1.54) is 10.1 Å². The topological polar surface area (TPSA) is 26.0 Å². The Hall–Kier alpha value is -2.36. The van der Waals surface area contributed by atoms with E-state index in [2.05, 4.69) is 17.1 Å². The predicted molar refractivity (Wildman–Crippen MR) is 97.3 cm³/mol. The number of oxazole rings is 1. The molecule has 0 N–H and O–H groups in total. The van der Waals surface area contributed by atoms with Crippen LogP contribution in [0.4, 0.5) is 0 Å². The van der Waals surface area contributed by atoms with Gasteiger partial charge in [0.2, 0.25) is 5.89 Å². The number of hydrogen-bond acceptors (Lipinski definition) is 3. The Morgan fingerprint density at radius 1 is 0.913 bits per heavy atom. The summed E-state index contributed by atoms with van der Waals surface area (Å²) < 4.78 is 8.48. The maximum atomic E-state index is 6.45. The van der Waals surface area contributed by atoms with Gasteiger partial charge >= 0.3 is 0 Å². The number of rotatable bonds is 1. The van der Waals surface area contributed by atoms with Gasteiger partial charge in [-0.15, -0.1) is 11.3 Å². The summed E-state index contributed by atoms with van der Waals surface area (Å²) in [4.78, 5) is 4.63. The second-order valence-corrected chi connectivity index (χ2v) is 6.88. The zero-order valence-corrected chi connectivity index (χ0v) is 13.5. The molecule has 3 aromatic carbocycles. The molecule has 2 nitrogen and oxygen atoms in total. The molecule has 0 saturated heterocycles. The lowest BCUT2D eigenvalue weighted by Crippen LogP contribution is -1.75. The molecule has 5 rings (SSSR count). The van der Waals surface area contributed by atoms with Crippen LogP contribution in [-0.2, 0) is 0 Å². The van der Waals surface area contributed by atoms with Crippen molar-refractivity contribution < 1.29 is 4.42 Å². The van der Waals surface area contributed by atoms with Crippen molar-refractivity contribution >= 4 is 54.2 Å². The molecule has 0 spiro atoms. The van der Waals surface area contributed by atoms with Gasteiger partial charge in [-0.1, -0.05) is 48.0 Å². The molecule has 0 bridgehead atoms. The van der Waals surface area contributed by atoms with E-state index in [4.69, 9.17) is 16.0 Å². The molecular formula is C19H10ClNOS. The lowest BCUT2D eigenvalue weighted by molar-refractivity contribution is 0.623. The molecule has 110 valence electrons. The van der Waals surface area contributed by atoms with Crippen LogP contribution in [0.25, 0.3) is 42.7 Å². The third-order valence-corrected chi connectivity index (χ3v) is 5.39. The summed E-state index contributed by atoms with van der Waals surface area (Å²) >= 11 is 8.17. The molecule has 0 aliphatic rings. The maximum absolute atomic E-state index is 6.45. The second-order valence-electron chi connectivity index (χ2n) is 5.39. The zero-order valence-electron chi connectivity index (χ0n) is 11.9. The summed E-state index contributed by atoms with van der Waals surface area (Å²) in [5.74, 6) is 0.602. The van der Waals surface area contributed by atoms with Crippen molar-refractivity contribution in [2.24, 2.45) is 0 Å². The van der Waals surface area contributed by atoms with Gasteiger partial charge in [0.05, 0.1) is 5.02 Å². The Bertz CT molecular complexity index is 1170. The lowest BCUT2D eigenvalue weighted by Gasteiger charge is -1.95. The van der Waals surface area contributed by atoms with Gasteiger partial charge in [-0.25, -0.2) is 4.98 Å². The monoisotopic (exact) mass is 335 g/mol. The average molecular weight is 336 g/mol. The van der Waals surface area contributed by atoms with Crippen LogP contribution in [0.15, 0.2) is 65.1 Å². The highest BCUT2D eigenvalue weighted by atomic mass is 35.5. The molecule has 0 aliphatic carbocycles. The third-order valence-electron chi connectivity index (χ3n) is 3.98. The van der Waals surface area contributed by atoms with Crippen LogP contribution in [0.2, 0.25) is 5.02 Å². The average Bonchev–Trinajstić information content (AvgIpc) is 3.17. The fraction of sp³-hybridized carbons (Fsp3) is 0. The molecule has 0 amide bonds. The first-order valence-electron chi connectivity index (χ1n) is 7.27. The largest absolute Gasteiger partial charge is 0.435 e. The van der Waals surface area contributed by atoms with Gasteiger partial charge < -0.3 is 4.42 Å². The van der Waals surface area contributed by atoms with Gasteiger partial charge in [0.25, 0.3) is 0 Å². The van der Waals surface area contributed by atoms with Crippen LogP contribution in [0.3, 0.4) is 0 Å². The fourth-order valence-corrected chi connectivity index (χ4v) is 4.39. The number of aromatic nitrogens is 1. The first-order chi connectivity index (χ1) is 11.3. The van der Waals surface area contributed by atoms with Gasteiger partial charge in [-0.3, -0.25) is 0 Å². The van der Waals surface area contributed by atoms with Crippen molar-refractivity contribution in [1.29, 1.82) is 0 Å². The molecule has 0 aliphatic heterocycles. The zero-order chi connectivity index (χ0) is 15.4. The van der Waals surface area contributed by atoms with Gasteiger partial charge in [-0.2, -0.15) is 0 Å². The molecule has 0 atom stereocenters. The molecule has 2 heterocycles. The summed E-state index contributed by atoms with van der Waals surface area (Å²) in [5.41, 5.74) is 2.44. The SMILES string of the molecule is Clc1cc2sc3ccccc3c2c2oc(-c3ccccc3)nc12. The first-order valence-corrected chi connectivity index (χ1v) is 8.46. The minimum atomic E-state index is 0.602. The Morgan fingerprint density at radius 3 is 2.57 bits per heavy atom. The Balaban J connectivity index is 1.94. The first kappa shape index (κ1) is 13.1. The van der Waals surface area contributed by atoms with Crippen molar-refractivity contribution in [2.75, 3.05) is 0 Å². The molecule has 0 unspecified atom stereocenters. The Morgan fingerprint density at radius 2 is 1.70 bits per heavy atom. The van der Waals surface area contributed by atoms with Gasteiger partial charge in [0.15, 0.2) is 5.58 Å². The van der Waals surface area contributed by atoms with Gasteiger partial charge in [-0.05, 0) is 24.3 Å². The van der Waals surface area contributed by atoms with Crippen molar-refractivity contribution in [3.05, 3.63) is 65.7 Å². The van der Waals surface area contributed by atoms with Crippen LogP contribution < -0.4 is 0 Å². The number of thiophene rings is 1. The van der Waals surface area contributed by atoms with Crippen molar-refractivity contribution in [2.45, 2.75) is 0 Å². The van der Waals surface area contributed by atoms with E-state index in [9.17, 15) is 0 Å². The van der Waals surface area contributed by atoms with E-state index < -0.39 is 0 Å². The van der Waals surface area contributed by atoms with Gasteiger partial charge in [0.1, 0.15) is 5.52 Å². The van der Waals surface area contributed by atoms with Crippen molar-refractivity contribution in [3.63, 3.8) is 0 Å². The van der Waals surface area contributed by atoms with E-state index >= 15 is 0 Å². The number of fused-ring (bicyclic) bond motifs is 5. The standard InChI is InChI=1S/C19H10ClNOS/c20-13-10-15-16(12-8-4-5-9-14(12)23-15)18-17(13)21-19(22-18)11-6-2-1-3-7-11/h1-10H. The van der Waals surface area contributed by atoms with E-state index in [0.717, 1.165) is 26.7 Å². The highest BCUT2D eigenvalue weighted by Crippen LogP contribution is 2.42. The van der Waals surface area contributed by atoms with Crippen LogP contribution in [0.5, 0.6) is 0 Å².